The van der Waals surface area contributed by atoms with E-state index >= 15 is 0 Å². The lowest BCUT2D eigenvalue weighted by atomic mass is 10.2. The molecule has 0 bridgehead atoms. The van der Waals surface area contributed by atoms with Crippen LogP contribution in [0.3, 0.4) is 0 Å². The van der Waals surface area contributed by atoms with Gasteiger partial charge in [0.05, 0.1) is 17.8 Å². The molecule has 0 spiro atoms. The zero-order valence-electron chi connectivity index (χ0n) is 15.9. The van der Waals surface area contributed by atoms with Crippen LogP contribution in [0.4, 0.5) is 0 Å². The number of hydrazone groups is 1. The minimum absolute atomic E-state index is 0.304. The highest BCUT2D eigenvalue weighted by Gasteiger charge is 2.12. The van der Waals surface area contributed by atoms with Crippen LogP contribution in [0.2, 0.25) is 5.02 Å². The summed E-state index contributed by atoms with van der Waals surface area (Å²) in [6, 6.07) is 18.1. The van der Waals surface area contributed by atoms with Crippen molar-refractivity contribution in [1.82, 2.24) is 5.43 Å². The molecule has 8 heteroatoms. The van der Waals surface area contributed by atoms with Crippen LogP contribution in [-0.4, -0.2) is 19.2 Å². The second-order valence-electron chi connectivity index (χ2n) is 6.16. The second-order valence-corrected chi connectivity index (χ2v) is 8.37. The van der Waals surface area contributed by atoms with E-state index in [4.69, 9.17) is 21.1 Å². The quantitative estimate of drug-likeness (QED) is 0.280. The van der Waals surface area contributed by atoms with Gasteiger partial charge in [-0.25, -0.2) is 5.43 Å². The number of carbonyl (C=O) groups is 1. The summed E-state index contributed by atoms with van der Waals surface area (Å²) in [4.78, 5) is 12.2. The largest absolute Gasteiger partial charge is 0.493 e. The Morgan fingerprint density at radius 1 is 1.13 bits per heavy atom. The molecule has 3 aromatic carbocycles. The molecule has 0 saturated heterocycles. The summed E-state index contributed by atoms with van der Waals surface area (Å²) in [7, 11) is 1.56. The van der Waals surface area contributed by atoms with E-state index in [1.807, 2.05) is 36.4 Å². The van der Waals surface area contributed by atoms with Crippen molar-refractivity contribution in [2.75, 3.05) is 7.11 Å². The number of rotatable bonds is 7. The van der Waals surface area contributed by atoms with Gasteiger partial charge < -0.3 is 9.47 Å². The van der Waals surface area contributed by atoms with Crippen LogP contribution in [0.25, 0.3) is 0 Å². The summed E-state index contributed by atoms with van der Waals surface area (Å²) in [6.45, 7) is 0.363. The molecule has 0 aliphatic rings. The van der Waals surface area contributed by atoms with Crippen LogP contribution in [0.1, 0.15) is 21.5 Å². The summed E-state index contributed by atoms with van der Waals surface area (Å²) in [5, 5.41) is 4.70. The molecule has 0 aliphatic carbocycles. The van der Waals surface area contributed by atoms with Gasteiger partial charge in [0, 0.05) is 15.1 Å². The third-order valence-electron chi connectivity index (χ3n) is 4.01. The molecule has 3 rings (SSSR count). The predicted molar refractivity (Wildman–Crippen MR) is 126 cm³/mol. The average molecular weight is 553 g/mol. The van der Waals surface area contributed by atoms with Crippen molar-refractivity contribution in [3.8, 4) is 11.5 Å². The molecule has 0 saturated carbocycles. The van der Waals surface area contributed by atoms with Gasteiger partial charge in [-0.1, -0.05) is 45.7 Å². The molecular formula is C22H17Br2ClN2O3. The monoisotopic (exact) mass is 550 g/mol. The third-order valence-corrected chi connectivity index (χ3v) is 5.35. The maximum Gasteiger partial charge on any atom is 0.271 e. The average Bonchev–Trinajstić information content (AvgIpc) is 2.73. The maximum absolute atomic E-state index is 12.2. The molecule has 3 aromatic rings. The molecule has 0 atom stereocenters. The Morgan fingerprint density at radius 3 is 2.60 bits per heavy atom. The zero-order chi connectivity index (χ0) is 21.5. The summed E-state index contributed by atoms with van der Waals surface area (Å²) in [6.07, 6.45) is 1.53. The van der Waals surface area contributed by atoms with Crippen LogP contribution < -0.4 is 14.9 Å². The van der Waals surface area contributed by atoms with Gasteiger partial charge in [-0.15, -0.1) is 0 Å². The highest BCUT2D eigenvalue weighted by molar-refractivity contribution is 9.10. The number of benzene rings is 3. The molecule has 0 fully saturated rings. The Hall–Kier alpha value is -2.35. The van der Waals surface area contributed by atoms with Gasteiger partial charge in [-0.3, -0.25) is 4.79 Å². The Balaban J connectivity index is 1.69. The lowest BCUT2D eigenvalue weighted by Crippen LogP contribution is -2.17. The topological polar surface area (TPSA) is 59.9 Å². The van der Waals surface area contributed by atoms with Gasteiger partial charge in [-0.2, -0.15) is 5.10 Å². The van der Waals surface area contributed by atoms with Crippen molar-refractivity contribution >= 4 is 55.6 Å². The lowest BCUT2D eigenvalue weighted by molar-refractivity contribution is 0.0955. The van der Waals surface area contributed by atoms with E-state index in [1.54, 1.807) is 31.4 Å². The van der Waals surface area contributed by atoms with E-state index in [-0.39, 0.29) is 5.91 Å². The van der Waals surface area contributed by atoms with E-state index in [9.17, 15) is 4.79 Å². The Bertz CT molecular complexity index is 1070. The fraction of sp³-hybridized carbons (Fsp3) is 0.0909. The van der Waals surface area contributed by atoms with Crippen molar-refractivity contribution in [3.63, 3.8) is 0 Å². The van der Waals surface area contributed by atoms with E-state index in [0.29, 0.717) is 33.2 Å². The first-order chi connectivity index (χ1) is 14.5. The van der Waals surface area contributed by atoms with Gasteiger partial charge in [0.2, 0.25) is 0 Å². The van der Waals surface area contributed by atoms with Crippen LogP contribution in [0.5, 0.6) is 11.5 Å². The van der Waals surface area contributed by atoms with Crippen molar-refractivity contribution in [3.05, 3.63) is 91.3 Å². The highest BCUT2D eigenvalue weighted by atomic mass is 79.9. The number of hydrogen-bond donors (Lipinski definition) is 1. The number of methoxy groups -OCH3 is 1. The number of halogens is 3. The van der Waals surface area contributed by atoms with E-state index in [2.05, 4.69) is 42.4 Å². The SMILES string of the molecule is COc1cc(/C=N\NC(=O)c2cccc(Br)c2)cc(Br)c1OCc1ccc(Cl)cc1. The molecule has 1 N–H and O–H groups in total. The van der Waals surface area contributed by atoms with Gasteiger partial charge in [-0.05, 0) is 69.5 Å². The first kappa shape index (κ1) is 22.3. The normalized spacial score (nSPS) is 10.8. The van der Waals surface area contributed by atoms with Crippen molar-refractivity contribution < 1.29 is 14.3 Å². The van der Waals surface area contributed by atoms with Gasteiger partial charge in [0.25, 0.3) is 5.91 Å². The molecule has 0 unspecified atom stereocenters. The third kappa shape index (κ3) is 6.08. The molecular weight excluding hydrogens is 536 g/mol. The van der Waals surface area contributed by atoms with Crippen molar-refractivity contribution in [2.24, 2.45) is 5.10 Å². The first-order valence-electron chi connectivity index (χ1n) is 8.80. The number of nitrogens with zero attached hydrogens (tertiary/aromatic N) is 1. The van der Waals surface area contributed by atoms with Crippen LogP contribution in [-0.2, 0) is 6.61 Å². The molecule has 0 aliphatic heterocycles. The summed E-state index contributed by atoms with van der Waals surface area (Å²) in [5.41, 5.74) is 4.72. The number of carbonyl (C=O) groups excluding carboxylic acids is 1. The number of nitrogens with one attached hydrogen (secondary N) is 1. The molecule has 30 heavy (non-hydrogen) atoms. The summed E-state index contributed by atoms with van der Waals surface area (Å²) in [5.74, 6) is 0.808. The van der Waals surface area contributed by atoms with Crippen LogP contribution in [0, 0.1) is 0 Å². The first-order valence-corrected chi connectivity index (χ1v) is 10.8. The molecule has 0 aromatic heterocycles. The maximum atomic E-state index is 12.2. The fourth-order valence-corrected chi connectivity index (χ4v) is 3.65. The summed E-state index contributed by atoms with van der Waals surface area (Å²) >= 11 is 12.8. The predicted octanol–water partition coefficient (Wildman–Crippen LogP) is 6.22. The Kier molecular flexibility index (Phi) is 7.90. The molecule has 0 radical (unpaired) electrons. The zero-order valence-corrected chi connectivity index (χ0v) is 19.8. The van der Waals surface area contributed by atoms with E-state index in [0.717, 1.165) is 15.6 Å². The van der Waals surface area contributed by atoms with Crippen molar-refractivity contribution in [1.29, 1.82) is 0 Å². The van der Waals surface area contributed by atoms with Gasteiger partial charge in [0.1, 0.15) is 6.61 Å². The van der Waals surface area contributed by atoms with Crippen LogP contribution in [0.15, 0.2) is 74.7 Å². The Labute approximate surface area is 196 Å². The smallest absolute Gasteiger partial charge is 0.271 e. The number of hydrogen-bond acceptors (Lipinski definition) is 4. The van der Waals surface area contributed by atoms with Crippen molar-refractivity contribution in [2.45, 2.75) is 6.61 Å². The Morgan fingerprint density at radius 2 is 1.90 bits per heavy atom. The van der Waals surface area contributed by atoms with Gasteiger partial charge in [0.15, 0.2) is 11.5 Å². The number of amides is 1. The van der Waals surface area contributed by atoms with E-state index < -0.39 is 0 Å². The molecule has 5 nitrogen and oxygen atoms in total. The number of ether oxygens (including phenoxy) is 2. The molecule has 1 amide bonds. The van der Waals surface area contributed by atoms with E-state index in [1.165, 1.54) is 6.21 Å². The highest BCUT2D eigenvalue weighted by Crippen LogP contribution is 2.36. The minimum atomic E-state index is -0.304. The summed E-state index contributed by atoms with van der Waals surface area (Å²) < 4.78 is 12.9. The second kappa shape index (κ2) is 10.6. The van der Waals surface area contributed by atoms with Gasteiger partial charge >= 0.3 is 0 Å². The molecule has 0 heterocycles. The lowest BCUT2D eigenvalue weighted by Gasteiger charge is -2.13. The fourth-order valence-electron chi connectivity index (χ4n) is 2.55. The standard InChI is InChI=1S/C22H17Br2ClN2O3/c1-29-20-10-15(12-26-27-22(28)16-3-2-4-17(23)11-16)9-19(24)21(20)30-13-14-5-7-18(25)8-6-14/h2-12H,13H2,1H3,(H,27,28)/b26-12-. The van der Waals surface area contributed by atoms with Crippen LogP contribution >= 0.6 is 43.5 Å². The minimum Gasteiger partial charge on any atom is -0.493 e. The molecule has 154 valence electrons.